The zero-order valence-electron chi connectivity index (χ0n) is 12.5. The lowest BCUT2D eigenvalue weighted by molar-refractivity contribution is 0.213. The molecule has 2 amide bonds. The second kappa shape index (κ2) is 6.70. The molecular weight excluding hydrogens is 373 g/mol. The van der Waals surface area contributed by atoms with E-state index in [0.717, 1.165) is 4.88 Å². The number of nitrogens with one attached hydrogen (secondary N) is 2. The molecule has 2 aromatic rings. The fourth-order valence-electron chi connectivity index (χ4n) is 2.51. The number of urea groups is 1. The molecule has 5 nitrogen and oxygen atoms in total. The molecule has 0 aliphatic carbocycles. The highest BCUT2D eigenvalue weighted by molar-refractivity contribution is 7.92. The molecule has 0 bridgehead atoms. The van der Waals surface area contributed by atoms with E-state index in [1.807, 2.05) is 17.5 Å². The van der Waals surface area contributed by atoms with Crippen LogP contribution in [-0.4, -0.2) is 34.0 Å². The van der Waals surface area contributed by atoms with E-state index in [4.69, 9.17) is 16.4 Å². The summed E-state index contributed by atoms with van der Waals surface area (Å²) in [4.78, 5) is 14.8. The number of halogens is 2. The summed E-state index contributed by atoms with van der Waals surface area (Å²) >= 11 is 7.15. The van der Waals surface area contributed by atoms with Crippen LogP contribution in [0.15, 0.2) is 35.7 Å². The highest BCUT2D eigenvalue weighted by Gasteiger charge is 2.34. The van der Waals surface area contributed by atoms with Crippen LogP contribution in [0.4, 0.5) is 14.9 Å². The molecule has 1 unspecified atom stereocenters. The minimum Gasteiger partial charge on any atom is -0.322 e. The average Bonchev–Trinajstić information content (AvgIpc) is 3.04. The Balaban J connectivity index is 1.75. The van der Waals surface area contributed by atoms with Gasteiger partial charge >= 0.3 is 6.03 Å². The van der Waals surface area contributed by atoms with E-state index >= 15 is 0 Å². The molecule has 24 heavy (non-hydrogen) atoms. The highest BCUT2D eigenvalue weighted by atomic mass is 35.5. The Hall–Kier alpha value is -1.64. The zero-order chi connectivity index (χ0) is 17.3. The quantitative estimate of drug-likeness (QED) is 0.811. The lowest BCUT2D eigenvalue weighted by atomic mass is 10.3. The number of hydrogen-bond donors (Lipinski definition) is 2. The largest absolute Gasteiger partial charge is 0.322 e. The summed E-state index contributed by atoms with van der Waals surface area (Å²) in [5, 5.41) is 3.96. The van der Waals surface area contributed by atoms with Gasteiger partial charge < -0.3 is 10.2 Å². The highest BCUT2D eigenvalue weighted by Crippen LogP contribution is 2.32. The maximum absolute atomic E-state index is 13.2. The fourth-order valence-corrected chi connectivity index (χ4v) is 5.67. The molecule has 1 aromatic heterocycles. The van der Waals surface area contributed by atoms with Gasteiger partial charge in [0, 0.05) is 29.4 Å². The molecule has 0 saturated carbocycles. The van der Waals surface area contributed by atoms with Crippen LogP contribution in [0.5, 0.6) is 0 Å². The predicted octanol–water partition coefficient (Wildman–Crippen LogP) is 4.18. The van der Waals surface area contributed by atoms with Crippen LogP contribution in [0.2, 0.25) is 5.02 Å². The number of rotatable bonds is 2. The van der Waals surface area contributed by atoms with Gasteiger partial charge in [0.25, 0.3) is 0 Å². The molecule has 128 valence electrons. The van der Waals surface area contributed by atoms with Gasteiger partial charge in [-0.2, -0.15) is 0 Å². The van der Waals surface area contributed by atoms with Crippen molar-refractivity contribution < 1.29 is 13.4 Å². The number of carbonyl (C=O) groups excluding carboxylic acids is 1. The van der Waals surface area contributed by atoms with Gasteiger partial charge in [0.2, 0.25) is 0 Å². The second-order valence-electron chi connectivity index (χ2n) is 5.44. The van der Waals surface area contributed by atoms with Gasteiger partial charge in [-0.3, -0.25) is 4.78 Å². The van der Waals surface area contributed by atoms with Crippen molar-refractivity contribution in [3.63, 3.8) is 0 Å². The van der Waals surface area contributed by atoms with Crippen LogP contribution in [0.3, 0.4) is 0 Å². The molecule has 2 heterocycles. The molecule has 0 spiro atoms. The van der Waals surface area contributed by atoms with Crippen LogP contribution >= 0.6 is 22.9 Å². The summed E-state index contributed by atoms with van der Waals surface area (Å²) in [7, 11) is -2.78. The van der Waals surface area contributed by atoms with Crippen molar-refractivity contribution in [2.24, 2.45) is 0 Å². The number of benzene rings is 1. The number of carbonyl (C=O) groups is 1. The predicted molar refractivity (Wildman–Crippen MR) is 94.8 cm³/mol. The van der Waals surface area contributed by atoms with Crippen LogP contribution in [0.1, 0.15) is 10.1 Å². The molecule has 1 saturated heterocycles. The standard InChI is InChI=1S/C15H15ClFN3O2S2/c16-11-8-10(3-4-12(11)17)19-15(21)20-5-7-24(18,22)14(9-20)13-2-1-6-23-13/h1-4,6,8,14,18H,5,7,9H2,(H,19,21)/t14-,24?/m1/s1. The maximum atomic E-state index is 13.2. The minimum atomic E-state index is -2.78. The lowest BCUT2D eigenvalue weighted by Crippen LogP contribution is -2.46. The Labute approximate surface area is 148 Å². The molecule has 3 rings (SSSR count). The van der Waals surface area contributed by atoms with Crippen LogP contribution in [0.25, 0.3) is 0 Å². The lowest BCUT2D eigenvalue weighted by Gasteiger charge is -2.33. The van der Waals surface area contributed by atoms with Crippen LogP contribution in [-0.2, 0) is 9.73 Å². The van der Waals surface area contributed by atoms with E-state index in [0.29, 0.717) is 5.69 Å². The monoisotopic (exact) mass is 387 g/mol. The van der Waals surface area contributed by atoms with Crippen molar-refractivity contribution >= 4 is 44.4 Å². The van der Waals surface area contributed by atoms with E-state index in [2.05, 4.69) is 5.32 Å². The van der Waals surface area contributed by atoms with E-state index in [1.54, 1.807) is 0 Å². The zero-order valence-corrected chi connectivity index (χ0v) is 14.9. The van der Waals surface area contributed by atoms with Gasteiger partial charge in [0.15, 0.2) is 0 Å². The van der Waals surface area contributed by atoms with E-state index < -0.39 is 20.8 Å². The molecule has 1 aromatic carbocycles. The number of hydrogen-bond acceptors (Lipinski definition) is 4. The van der Waals surface area contributed by atoms with E-state index in [-0.39, 0.29) is 29.9 Å². The van der Waals surface area contributed by atoms with Crippen molar-refractivity contribution in [2.45, 2.75) is 5.25 Å². The SMILES string of the molecule is N=S1(=O)CCN(C(=O)Nc2ccc(F)c(Cl)c2)C[C@@H]1c1cccs1. The van der Waals surface area contributed by atoms with E-state index in [1.165, 1.54) is 34.4 Å². The van der Waals surface area contributed by atoms with Gasteiger partial charge in [-0.15, -0.1) is 11.3 Å². The Bertz CT molecular complexity index is 856. The van der Waals surface area contributed by atoms with Crippen LogP contribution < -0.4 is 5.32 Å². The van der Waals surface area contributed by atoms with E-state index in [9.17, 15) is 13.4 Å². The molecule has 9 heteroatoms. The minimum absolute atomic E-state index is 0.0721. The smallest absolute Gasteiger partial charge is 0.321 e. The van der Waals surface area contributed by atoms with Crippen LogP contribution in [0, 0.1) is 10.6 Å². The Morgan fingerprint density at radius 1 is 1.46 bits per heavy atom. The molecular formula is C15H15ClFN3O2S2. The average molecular weight is 388 g/mol. The first-order valence-corrected chi connectivity index (χ1v) is 10.2. The summed E-state index contributed by atoms with van der Waals surface area (Å²) in [5.74, 6) is -0.424. The van der Waals surface area contributed by atoms with Gasteiger partial charge in [-0.1, -0.05) is 17.7 Å². The Morgan fingerprint density at radius 3 is 2.92 bits per heavy atom. The Morgan fingerprint density at radius 2 is 2.25 bits per heavy atom. The van der Waals surface area contributed by atoms with Gasteiger partial charge in [-0.25, -0.2) is 13.4 Å². The molecule has 0 radical (unpaired) electrons. The van der Waals surface area contributed by atoms with Crippen molar-refractivity contribution in [1.82, 2.24) is 4.90 Å². The summed E-state index contributed by atoms with van der Waals surface area (Å²) in [6.45, 7) is 0.453. The molecule has 2 N–H and O–H groups in total. The third-order valence-electron chi connectivity index (χ3n) is 3.83. The summed E-state index contributed by atoms with van der Waals surface area (Å²) in [6, 6.07) is 7.24. The second-order valence-corrected chi connectivity index (χ2v) is 9.26. The number of thiophene rings is 1. The number of amides is 2. The van der Waals surface area contributed by atoms with Gasteiger partial charge in [0.05, 0.1) is 20.0 Å². The van der Waals surface area contributed by atoms with Gasteiger partial charge in [0.1, 0.15) is 5.82 Å². The Kier molecular flexibility index (Phi) is 4.80. The normalized spacial score (nSPS) is 23.9. The van der Waals surface area contributed by atoms with Crippen molar-refractivity contribution in [1.29, 1.82) is 4.78 Å². The number of nitrogens with zero attached hydrogens (tertiary/aromatic N) is 1. The molecule has 2 atom stereocenters. The summed E-state index contributed by atoms with van der Waals surface area (Å²) in [5.41, 5.74) is 0.385. The van der Waals surface area contributed by atoms with Crippen molar-refractivity contribution in [3.8, 4) is 0 Å². The maximum Gasteiger partial charge on any atom is 0.321 e. The first-order valence-electron chi connectivity index (χ1n) is 7.16. The third kappa shape index (κ3) is 3.55. The van der Waals surface area contributed by atoms with Gasteiger partial charge in [-0.05, 0) is 29.6 Å². The first kappa shape index (κ1) is 17.2. The number of anilines is 1. The first-order chi connectivity index (χ1) is 11.4. The molecule has 1 fully saturated rings. The van der Waals surface area contributed by atoms with Crippen molar-refractivity contribution in [2.75, 3.05) is 24.2 Å². The summed E-state index contributed by atoms with van der Waals surface area (Å²) < 4.78 is 33.8. The summed E-state index contributed by atoms with van der Waals surface area (Å²) in [6.07, 6.45) is 0. The molecule has 1 aliphatic heterocycles. The topological polar surface area (TPSA) is 73.3 Å². The molecule has 1 aliphatic rings. The van der Waals surface area contributed by atoms with Crippen molar-refractivity contribution in [3.05, 3.63) is 51.4 Å². The fraction of sp³-hybridized carbons (Fsp3) is 0.267. The third-order valence-corrected chi connectivity index (χ3v) is 7.36.